The van der Waals surface area contributed by atoms with Crippen molar-refractivity contribution in [2.75, 3.05) is 0 Å². The van der Waals surface area contributed by atoms with Crippen LogP contribution in [0, 0.1) is 5.41 Å². The van der Waals surface area contributed by atoms with Gasteiger partial charge in [0.05, 0.1) is 4.88 Å². The van der Waals surface area contributed by atoms with E-state index in [4.69, 9.17) is 18.0 Å². The number of ketones is 1. The summed E-state index contributed by atoms with van der Waals surface area (Å²) in [7, 11) is 0. The smallest absolute Gasteiger partial charge is 0.164 e. The summed E-state index contributed by atoms with van der Waals surface area (Å²) in [5, 5.41) is 0. The van der Waals surface area contributed by atoms with E-state index in [1.54, 1.807) is 11.3 Å². The van der Waals surface area contributed by atoms with Crippen LogP contribution in [0.4, 0.5) is 0 Å². The number of aryl methyl sites for hydroxylation is 1. The SMILES string of the molecule is CCCc1sc(C(N)=S)c2c1C(=O)CC(C)(C)C2. The zero-order valence-electron chi connectivity index (χ0n) is 11.1. The molecule has 0 unspecified atom stereocenters. The van der Waals surface area contributed by atoms with Crippen LogP contribution in [0.2, 0.25) is 0 Å². The lowest BCUT2D eigenvalue weighted by atomic mass is 9.73. The first-order valence-corrected chi connectivity index (χ1v) is 7.55. The van der Waals surface area contributed by atoms with Crippen molar-refractivity contribution in [2.45, 2.75) is 46.5 Å². The molecule has 0 saturated carbocycles. The average molecular weight is 281 g/mol. The van der Waals surface area contributed by atoms with E-state index in [1.807, 2.05) is 0 Å². The van der Waals surface area contributed by atoms with Crippen molar-refractivity contribution >= 4 is 34.3 Å². The number of thiocarbonyl (C=S) groups is 1. The molecule has 18 heavy (non-hydrogen) atoms. The average Bonchev–Trinajstić information content (AvgIpc) is 2.55. The van der Waals surface area contributed by atoms with E-state index >= 15 is 0 Å². The molecule has 2 N–H and O–H groups in total. The number of fused-ring (bicyclic) bond motifs is 1. The monoisotopic (exact) mass is 281 g/mol. The lowest BCUT2D eigenvalue weighted by Gasteiger charge is -2.29. The van der Waals surface area contributed by atoms with Crippen LogP contribution in [-0.4, -0.2) is 10.8 Å². The Bertz CT molecular complexity index is 514. The minimum atomic E-state index is 0.0220. The minimum absolute atomic E-state index is 0.0220. The molecule has 0 saturated heterocycles. The molecule has 0 amide bonds. The molecule has 0 bridgehead atoms. The fourth-order valence-corrected chi connectivity index (χ4v) is 4.21. The van der Waals surface area contributed by atoms with Gasteiger partial charge < -0.3 is 5.73 Å². The minimum Gasteiger partial charge on any atom is -0.389 e. The maximum absolute atomic E-state index is 12.4. The fourth-order valence-electron chi connectivity index (χ4n) is 2.68. The van der Waals surface area contributed by atoms with Crippen molar-refractivity contribution < 1.29 is 4.79 Å². The Morgan fingerprint density at radius 2 is 2.11 bits per heavy atom. The third kappa shape index (κ3) is 2.36. The second kappa shape index (κ2) is 4.74. The van der Waals surface area contributed by atoms with E-state index in [2.05, 4.69) is 20.8 Å². The van der Waals surface area contributed by atoms with Crippen LogP contribution in [-0.2, 0) is 12.8 Å². The highest BCUT2D eigenvalue weighted by Crippen LogP contribution is 2.41. The number of hydrogen-bond donors (Lipinski definition) is 1. The highest BCUT2D eigenvalue weighted by Gasteiger charge is 2.36. The predicted molar refractivity (Wildman–Crippen MR) is 80.6 cm³/mol. The number of carbonyl (C=O) groups excluding carboxylic acids is 1. The Kier molecular flexibility index (Phi) is 3.60. The van der Waals surface area contributed by atoms with Crippen LogP contribution < -0.4 is 5.73 Å². The quantitative estimate of drug-likeness (QED) is 0.862. The summed E-state index contributed by atoms with van der Waals surface area (Å²) in [6, 6.07) is 0. The molecular weight excluding hydrogens is 262 g/mol. The highest BCUT2D eigenvalue weighted by molar-refractivity contribution is 7.81. The van der Waals surface area contributed by atoms with E-state index in [9.17, 15) is 4.79 Å². The second-order valence-corrected chi connectivity index (χ2v) is 7.31. The summed E-state index contributed by atoms with van der Waals surface area (Å²) in [6.45, 7) is 6.40. The van der Waals surface area contributed by atoms with E-state index in [0.717, 1.165) is 35.3 Å². The van der Waals surface area contributed by atoms with Gasteiger partial charge in [-0.25, -0.2) is 0 Å². The Labute approximate surface area is 118 Å². The van der Waals surface area contributed by atoms with E-state index in [-0.39, 0.29) is 11.2 Å². The number of nitrogens with two attached hydrogens (primary N) is 1. The van der Waals surface area contributed by atoms with Crippen molar-refractivity contribution in [1.29, 1.82) is 0 Å². The van der Waals surface area contributed by atoms with Crippen LogP contribution in [0.5, 0.6) is 0 Å². The van der Waals surface area contributed by atoms with Gasteiger partial charge in [-0.1, -0.05) is 39.4 Å². The maximum atomic E-state index is 12.4. The van der Waals surface area contributed by atoms with Crippen LogP contribution in [0.25, 0.3) is 0 Å². The van der Waals surface area contributed by atoms with Gasteiger partial charge >= 0.3 is 0 Å². The highest BCUT2D eigenvalue weighted by atomic mass is 32.1. The molecule has 1 aliphatic carbocycles. The van der Waals surface area contributed by atoms with Crippen molar-refractivity contribution in [3.63, 3.8) is 0 Å². The Morgan fingerprint density at radius 1 is 1.44 bits per heavy atom. The molecule has 1 heterocycles. The Morgan fingerprint density at radius 3 is 2.67 bits per heavy atom. The molecule has 0 fully saturated rings. The van der Waals surface area contributed by atoms with Gasteiger partial charge in [-0.05, 0) is 23.8 Å². The largest absolute Gasteiger partial charge is 0.389 e. The zero-order valence-corrected chi connectivity index (χ0v) is 12.8. The molecule has 0 aliphatic heterocycles. The first kappa shape index (κ1) is 13.7. The van der Waals surface area contributed by atoms with Crippen LogP contribution in [0.15, 0.2) is 0 Å². The number of hydrogen-bond acceptors (Lipinski definition) is 3. The van der Waals surface area contributed by atoms with E-state index < -0.39 is 0 Å². The van der Waals surface area contributed by atoms with Gasteiger partial charge in [0.1, 0.15) is 4.99 Å². The number of thiophene rings is 1. The molecule has 2 nitrogen and oxygen atoms in total. The summed E-state index contributed by atoms with van der Waals surface area (Å²) in [5.74, 6) is 0.267. The lowest BCUT2D eigenvalue weighted by molar-refractivity contribution is 0.0912. The number of Topliss-reactive ketones (excluding diaryl/α,β-unsaturated/α-hetero) is 1. The van der Waals surface area contributed by atoms with E-state index in [1.165, 1.54) is 4.88 Å². The van der Waals surface area contributed by atoms with Crippen molar-refractivity contribution in [3.8, 4) is 0 Å². The summed E-state index contributed by atoms with van der Waals surface area (Å²) < 4.78 is 0. The first-order chi connectivity index (χ1) is 8.35. The molecular formula is C14H19NOS2. The summed E-state index contributed by atoms with van der Waals surface area (Å²) in [4.78, 5) is 14.9. The predicted octanol–water partition coefficient (Wildman–Crippen LogP) is 3.49. The fraction of sp³-hybridized carbons (Fsp3) is 0.571. The molecule has 0 aromatic carbocycles. The van der Waals surface area contributed by atoms with Crippen molar-refractivity contribution in [2.24, 2.45) is 11.1 Å². The Hall–Kier alpha value is -0.740. The standard InChI is InChI=1S/C14H19NOS2/c1-4-5-10-11-8(12(18-10)13(15)17)6-14(2,3)7-9(11)16/h4-7H2,1-3H3,(H2,15,17). The van der Waals surface area contributed by atoms with Crippen LogP contribution in [0.3, 0.4) is 0 Å². The van der Waals surface area contributed by atoms with Crippen molar-refractivity contribution in [1.82, 2.24) is 0 Å². The zero-order chi connectivity index (χ0) is 13.5. The molecule has 1 aromatic rings. The third-order valence-electron chi connectivity index (χ3n) is 3.35. The summed E-state index contributed by atoms with van der Waals surface area (Å²) >= 11 is 6.76. The third-order valence-corrected chi connectivity index (χ3v) is 5.01. The maximum Gasteiger partial charge on any atom is 0.164 e. The van der Waals surface area contributed by atoms with Gasteiger partial charge in [0, 0.05) is 16.9 Å². The number of rotatable bonds is 3. The van der Waals surface area contributed by atoms with Gasteiger partial charge in [0.25, 0.3) is 0 Å². The molecule has 4 heteroatoms. The molecule has 2 rings (SSSR count). The lowest BCUT2D eigenvalue weighted by Crippen LogP contribution is -2.28. The van der Waals surface area contributed by atoms with Gasteiger partial charge in [-0.3, -0.25) is 4.79 Å². The molecule has 0 atom stereocenters. The molecule has 98 valence electrons. The van der Waals surface area contributed by atoms with Gasteiger partial charge in [0.2, 0.25) is 0 Å². The van der Waals surface area contributed by atoms with Gasteiger partial charge in [-0.2, -0.15) is 0 Å². The van der Waals surface area contributed by atoms with Crippen LogP contribution in [0.1, 0.15) is 59.3 Å². The topological polar surface area (TPSA) is 43.1 Å². The number of carbonyl (C=O) groups is 1. The molecule has 0 spiro atoms. The van der Waals surface area contributed by atoms with E-state index in [0.29, 0.717) is 11.4 Å². The second-order valence-electron chi connectivity index (χ2n) is 5.76. The van der Waals surface area contributed by atoms with Gasteiger partial charge in [0.15, 0.2) is 5.78 Å². The van der Waals surface area contributed by atoms with Gasteiger partial charge in [-0.15, -0.1) is 11.3 Å². The van der Waals surface area contributed by atoms with Crippen LogP contribution >= 0.6 is 23.6 Å². The summed E-state index contributed by atoms with van der Waals surface area (Å²) in [6.07, 6.45) is 3.52. The summed E-state index contributed by atoms with van der Waals surface area (Å²) in [5.41, 5.74) is 7.88. The molecule has 0 radical (unpaired) electrons. The molecule has 1 aromatic heterocycles. The Balaban J connectivity index is 2.59. The first-order valence-electron chi connectivity index (χ1n) is 6.33. The molecule has 1 aliphatic rings. The van der Waals surface area contributed by atoms with Crippen molar-refractivity contribution in [3.05, 3.63) is 20.9 Å². The normalized spacial score (nSPS) is 17.6.